The highest BCUT2D eigenvalue weighted by molar-refractivity contribution is 5.21. The highest BCUT2D eigenvalue weighted by Crippen LogP contribution is 2.72. The molecule has 2 nitrogen and oxygen atoms in total. The van der Waals surface area contributed by atoms with Gasteiger partial charge in [-0.25, -0.2) is 8.78 Å². The summed E-state index contributed by atoms with van der Waals surface area (Å²) in [6.07, 6.45) is 2.84. The van der Waals surface area contributed by atoms with Gasteiger partial charge in [0.1, 0.15) is 0 Å². The molecule has 4 heteroatoms. The molecule has 0 aromatic rings. The maximum absolute atomic E-state index is 13.9. The summed E-state index contributed by atoms with van der Waals surface area (Å²) < 4.78 is 33.2. The van der Waals surface area contributed by atoms with Crippen molar-refractivity contribution >= 4 is 0 Å². The van der Waals surface area contributed by atoms with Crippen molar-refractivity contribution in [3.63, 3.8) is 0 Å². The van der Waals surface area contributed by atoms with Crippen LogP contribution in [0.5, 0.6) is 0 Å². The van der Waals surface area contributed by atoms with Crippen molar-refractivity contribution < 1.29 is 13.5 Å². The minimum absolute atomic E-state index is 0.168. The second kappa shape index (κ2) is 3.14. The molecular formula is C11H17F2NO. The van der Waals surface area contributed by atoms with E-state index in [-0.39, 0.29) is 6.10 Å². The molecule has 1 aliphatic carbocycles. The van der Waals surface area contributed by atoms with Gasteiger partial charge < -0.3 is 10.1 Å². The molecule has 2 unspecified atom stereocenters. The summed E-state index contributed by atoms with van der Waals surface area (Å²) in [5.41, 5.74) is -0.715. The summed E-state index contributed by atoms with van der Waals surface area (Å²) >= 11 is 0. The molecule has 3 aliphatic rings. The second-order valence-corrected chi connectivity index (χ2v) is 5.06. The molecule has 1 saturated carbocycles. The van der Waals surface area contributed by atoms with Crippen molar-refractivity contribution in [3.05, 3.63) is 0 Å². The lowest BCUT2D eigenvalue weighted by Crippen LogP contribution is -2.32. The van der Waals surface area contributed by atoms with Crippen molar-refractivity contribution in [1.29, 1.82) is 0 Å². The number of halogens is 2. The normalized spacial score (nSPS) is 42.0. The van der Waals surface area contributed by atoms with Gasteiger partial charge >= 0.3 is 0 Å². The quantitative estimate of drug-likeness (QED) is 0.723. The van der Waals surface area contributed by atoms with Crippen LogP contribution in [0.25, 0.3) is 0 Å². The summed E-state index contributed by atoms with van der Waals surface area (Å²) in [6.45, 7) is 2.14. The first-order valence-corrected chi connectivity index (χ1v) is 5.89. The number of ether oxygens (including phenoxy) is 1. The fourth-order valence-corrected chi connectivity index (χ4v) is 3.51. The molecule has 0 amide bonds. The molecule has 0 radical (unpaired) electrons. The van der Waals surface area contributed by atoms with E-state index in [9.17, 15) is 8.78 Å². The smallest absolute Gasteiger partial charge is 0.260 e. The van der Waals surface area contributed by atoms with Crippen LogP contribution in [0.15, 0.2) is 0 Å². The van der Waals surface area contributed by atoms with Gasteiger partial charge in [0.2, 0.25) is 0 Å². The van der Waals surface area contributed by atoms with E-state index in [0.717, 1.165) is 25.9 Å². The first-order chi connectivity index (χ1) is 7.18. The maximum atomic E-state index is 13.9. The van der Waals surface area contributed by atoms with E-state index in [0.29, 0.717) is 19.4 Å². The minimum atomic E-state index is -2.47. The molecule has 2 aliphatic heterocycles. The predicted octanol–water partition coefficient (Wildman–Crippen LogP) is 1.80. The average Bonchev–Trinajstić information content (AvgIpc) is 2.63. The molecule has 0 aromatic heterocycles. The summed E-state index contributed by atoms with van der Waals surface area (Å²) in [4.78, 5) is 0. The van der Waals surface area contributed by atoms with Gasteiger partial charge in [0.05, 0.1) is 12.0 Å². The zero-order chi connectivity index (χ0) is 10.5. The molecule has 0 bridgehead atoms. The van der Waals surface area contributed by atoms with Crippen LogP contribution in [0, 0.1) is 11.3 Å². The van der Waals surface area contributed by atoms with Crippen LogP contribution in [0.2, 0.25) is 0 Å². The molecule has 86 valence electrons. The van der Waals surface area contributed by atoms with E-state index in [4.69, 9.17) is 4.74 Å². The topological polar surface area (TPSA) is 21.3 Å². The second-order valence-electron chi connectivity index (χ2n) is 5.06. The van der Waals surface area contributed by atoms with E-state index >= 15 is 0 Å². The Morgan fingerprint density at radius 2 is 1.93 bits per heavy atom. The van der Waals surface area contributed by atoms with E-state index in [1.807, 2.05) is 0 Å². The molecule has 3 fully saturated rings. The first kappa shape index (κ1) is 9.97. The van der Waals surface area contributed by atoms with Crippen LogP contribution in [0.3, 0.4) is 0 Å². The van der Waals surface area contributed by atoms with Gasteiger partial charge in [-0.3, -0.25) is 0 Å². The van der Waals surface area contributed by atoms with Crippen LogP contribution in [-0.2, 0) is 4.74 Å². The van der Waals surface area contributed by atoms with Gasteiger partial charge in [-0.05, 0) is 38.8 Å². The lowest BCUT2D eigenvalue weighted by atomic mass is 9.89. The van der Waals surface area contributed by atoms with Gasteiger partial charge in [-0.15, -0.1) is 0 Å². The SMILES string of the molecule is FC1(F)C(C2CCCO2)C12CCNCC2. The number of hydrogen-bond acceptors (Lipinski definition) is 2. The number of alkyl halides is 2. The molecule has 15 heavy (non-hydrogen) atoms. The zero-order valence-electron chi connectivity index (χ0n) is 8.77. The van der Waals surface area contributed by atoms with Crippen LogP contribution in [-0.4, -0.2) is 31.7 Å². The molecule has 1 spiro atoms. The Balaban J connectivity index is 1.78. The summed E-state index contributed by atoms with van der Waals surface area (Å²) in [5.74, 6) is -2.96. The van der Waals surface area contributed by atoms with Gasteiger partial charge in [-0.2, -0.15) is 0 Å². The van der Waals surface area contributed by atoms with E-state index in [1.54, 1.807) is 0 Å². The number of rotatable bonds is 1. The van der Waals surface area contributed by atoms with Crippen molar-refractivity contribution in [1.82, 2.24) is 5.32 Å². The Labute approximate surface area is 88.4 Å². The number of nitrogens with one attached hydrogen (secondary N) is 1. The lowest BCUT2D eigenvalue weighted by molar-refractivity contribution is 0.0228. The first-order valence-electron chi connectivity index (χ1n) is 5.89. The standard InChI is InChI=1S/C11H17F2NO/c12-11(13)9(8-2-1-7-15-8)10(11)3-5-14-6-4-10/h8-9,14H,1-7H2. The Hall–Kier alpha value is -0.220. The average molecular weight is 217 g/mol. The number of hydrogen-bond donors (Lipinski definition) is 1. The third kappa shape index (κ3) is 1.21. The summed E-state index contributed by atoms with van der Waals surface area (Å²) in [5, 5.41) is 3.16. The molecule has 0 aromatic carbocycles. The monoisotopic (exact) mass is 217 g/mol. The van der Waals surface area contributed by atoms with Crippen LogP contribution < -0.4 is 5.32 Å². The highest BCUT2D eigenvalue weighted by Gasteiger charge is 2.81. The predicted molar refractivity (Wildman–Crippen MR) is 51.9 cm³/mol. The highest BCUT2D eigenvalue weighted by atomic mass is 19.3. The van der Waals surface area contributed by atoms with Gasteiger partial charge in [0, 0.05) is 12.0 Å². The Bertz CT molecular complexity index is 257. The largest absolute Gasteiger partial charge is 0.378 e. The van der Waals surface area contributed by atoms with Gasteiger partial charge in [-0.1, -0.05) is 0 Å². The van der Waals surface area contributed by atoms with Crippen molar-refractivity contribution in [2.45, 2.75) is 37.7 Å². The maximum Gasteiger partial charge on any atom is 0.260 e. The Morgan fingerprint density at radius 3 is 2.53 bits per heavy atom. The van der Waals surface area contributed by atoms with Crippen LogP contribution >= 0.6 is 0 Å². The van der Waals surface area contributed by atoms with Gasteiger partial charge in [0.25, 0.3) is 5.92 Å². The third-order valence-electron chi connectivity index (χ3n) is 4.40. The molecule has 3 rings (SSSR count). The molecule has 2 saturated heterocycles. The summed E-state index contributed by atoms with van der Waals surface area (Å²) in [6, 6.07) is 0. The molecule has 2 atom stereocenters. The fourth-order valence-electron chi connectivity index (χ4n) is 3.51. The third-order valence-corrected chi connectivity index (χ3v) is 4.40. The van der Waals surface area contributed by atoms with Crippen LogP contribution in [0.4, 0.5) is 8.78 Å². The molecule has 2 heterocycles. The van der Waals surface area contributed by atoms with Crippen molar-refractivity contribution in [2.75, 3.05) is 19.7 Å². The van der Waals surface area contributed by atoms with E-state index in [2.05, 4.69) is 5.32 Å². The van der Waals surface area contributed by atoms with E-state index < -0.39 is 17.3 Å². The zero-order valence-corrected chi connectivity index (χ0v) is 8.77. The van der Waals surface area contributed by atoms with Crippen LogP contribution in [0.1, 0.15) is 25.7 Å². The lowest BCUT2D eigenvalue weighted by Gasteiger charge is -2.23. The van der Waals surface area contributed by atoms with Crippen molar-refractivity contribution in [3.8, 4) is 0 Å². The number of piperidine rings is 1. The fraction of sp³-hybridized carbons (Fsp3) is 1.00. The Morgan fingerprint density at radius 1 is 1.20 bits per heavy atom. The summed E-state index contributed by atoms with van der Waals surface area (Å²) in [7, 11) is 0. The van der Waals surface area contributed by atoms with Crippen molar-refractivity contribution in [2.24, 2.45) is 11.3 Å². The Kier molecular flexibility index (Phi) is 2.09. The minimum Gasteiger partial charge on any atom is -0.378 e. The molecule has 1 N–H and O–H groups in total. The molecular weight excluding hydrogens is 200 g/mol. The van der Waals surface area contributed by atoms with Gasteiger partial charge in [0.15, 0.2) is 0 Å². The van der Waals surface area contributed by atoms with E-state index in [1.165, 1.54) is 0 Å².